The highest BCUT2D eigenvalue weighted by atomic mass is 32.2. The highest BCUT2D eigenvalue weighted by Gasteiger charge is 2.42. The number of sulfonamides is 1. The van der Waals surface area contributed by atoms with Crippen LogP contribution in [0.2, 0.25) is 0 Å². The van der Waals surface area contributed by atoms with Gasteiger partial charge in [0.05, 0.1) is 10.4 Å². The molecule has 0 saturated carbocycles. The van der Waals surface area contributed by atoms with Crippen molar-refractivity contribution in [1.29, 1.82) is 0 Å². The molecule has 7 nitrogen and oxygen atoms in total. The van der Waals surface area contributed by atoms with Crippen LogP contribution in [0.25, 0.3) is 4.91 Å². The second kappa shape index (κ2) is 6.93. The lowest BCUT2D eigenvalue weighted by molar-refractivity contribution is -0.136. The molecule has 9 heteroatoms. The van der Waals surface area contributed by atoms with Crippen LogP contribution in [0.3, 0.4) is 0 Å². The fraction of sp³-hybridized carbons (Fsp3) is 0.375. The van der Waals surface area contributed by atoms with Gasteiger partial charge in [-0.1, -0.05) is 19.1 Å². The Bertz CT molecular complexity index is 829. The zero-order chi connectivity index (χ0) is 18.8. The van der Waals surface area contributed by atoms with E-state index in [4.69, 9.17) is 0 Å². The molecule has 1 aromatic carbocycles. The summed E-state index contributed by atoms with van der Waals surface area (Å²) in [4.78, 5) is 22.7. The Balaban J connectivity index is 2.37. The Kier molecular flexibility index (Phi) is 5.28. The van der Waals surface area contributed by atoms with Crippen LogP contribution >= 0.6 is 0 Å². The molecule has 25 heavy (non-hydrogen) atoms. The van der Waals surface area contributed by atoms with Crippen LogP contribution in [-0.4, -0.2) is 32.6 Å². The van der Waals surface area contributed by atoms with E-state index < -0.39 is 33.4 Å². The van der Waals surface area contributed by atoms with Gasteiger partial charge in [-0.05, 0) is 37.1 Å². The Labute approximate surface area is 145 Å². The maximum absolute atomic E-state index is 13.1. The van der Waals surface area contributed by atoms with E-state index in [2.05, 4.69) is 14.8 Å². The van der Waals surface area contributed by atoms with E-state index in [0.717, 1.165) is 12.1 Å². The quantitative estimate of drug-likeness (QED) is 0.623. The second-order valence-electron chi connectivity index (χ2n) is 6.01. The van der Waals surface area contributed by atoms with Crippen LogP contribution < -0.4 is 10.0 Å². The summed E-state index contributed by atoms with van der Waals surface area (Å²) in [5.41, 5.74) is -0.292. The molecule has 1 aromatic rings. The predicted molar refractivity (Wildman–Crippen MR) is 89.2 cm³/mol. The van der Waals surface area contributed by atoms with E-state index in [1.165, 1.54) is 12.1 Å². The smallest absolute Gasteiger partial charge is 0.376 e. The van der Waals surface area contributed by atoms with Gasteiger partial charge < -0.3 is 10.1 Å². The normalized spacial score (nSPS) is 18.1. The van der Waals surface area contributed by atoms with Gasteiger partial charge in [0.25, 0.3) is 0 Å². The van der Waals surface area contributed by atoms with Crippen LogP contribution in [0, 0.1) is 5.82 Å². The minimum absolute atomic E-state index is 0.0281. The molecular weight excluding hydrogens is 351 g/mol. The molecule has 0 bridgehead atoms. The zero-order valence-corrected chi connectivity index (χ0v) is 14.9. The lowest BCUT2D eigenvalue weighted by Gasteiger charge is -2.21. The fourth-order valence-corrected chi connectivity index (χ4v) is 4.49. The molecule has 0 radical (unpaired) electrons. The molecule has 1 heterocycles. The third kappa shape index (κ3) is 4.23. The molecular formula is C16H19FN2O5S. The van der Waals surface area contributed by atoms with Crippen molar-refractivity contribution in [3.63, 3.8) is 0 Å². The molecule has 0 saturated heterocycles. The number of carbonyl (C=O) groups is 2. The van der Waals surface area contributed by atoms with Gasteiger partial charge in [-0.25, -0.2) is 22.3 Å². The Morgan fingerprint density at radius 1 is 1.24 bits per heavy atom. The monoisotopic (exact) mass is 370 g/mol. The van der Waals surface area contributed by atoms with Gasteiger partial charge in [-0.3, -0.25) is 4.79 Å². The molecule has 0 unspecified atom stereocenters. The number of benzene rings is 1. The van der Waals surface area contributed by atoms with Crippen LogP contribution in [0.4, 0.5) is 9.18 Å². The summed E-state index contributed by atoms with van der Waals surface area (Å²) in [7, 11) is -3.84. The molecule has 0 aromatic heterocycles. The van der Waals surface area contributed by atoms with Crippen molar-refractivity contribution < 1.29 is 27.1 Å². The number of amides is 1. The fourth-order valence-electron chi connectivity index (χ4n) is 2.50. The molecule has 1 amide bonds. The number of carbonyl (C=O) groups excluding carboxylic acids is 2. The standard InChI is InChI=1S/C16H19FN2O5S/c1-4-13(20)24-15(21)18-9-12-14(10-5-7-11(17)8-6-10)25(22,23)19-16(12,2)3/h5-8,19H,4,9H2,1-3H3,(H,18,21). The van der Waals surface area contributed by atoms with Gasteiger partial charge in [0.1, 0.15) is 5.82 Å². The number of halogens is 1. The van der Waals surface area contributed by atoms with E-state index in [1.54, 1.807) is 20.8 Å². The Morgan fingerprint density at radius 3 is 2.40 bits per heavy atom. The van der Waals surface area contributed by atoms with Crippen molar-refractivity contribution in [3.8, 4) is 0 Å². The van der Waals surface area contributed by atoms with E-state index in [0.29, 0.717) is 11.1 Å². The van der Waals surface area contributed by atoms with Crippen molar-refractivity contribution in [2.75, 3.05) is 6.54 Å². The van der Waals surface area contributed by atoms with Gasteiger partial charge in [-0.15, -0.1) is 0 Å². The first-order valence-electron chi connectivity index (χ1n) is 7.59. The average Bonchev–Trinajstić information content (AvgIpc) is 2.69. The lowest BCUT2D eigenvalue weighted by atomic mass is 9.93. The Morgan fingerprint density at radius 2 is 1.84 bits per heavy atom. The first kappa shape index (κ1) is 19.1. The van der Waals surface area contributed by atoms with Crippen LogP contribution in [0.1, 0.15) is 32.8 Å². The molecule has 1 aliphatic rings. The van der Waals surface area contributed by atoms with E-state index >= 15 is 0 Å². The van der Waals surface area contributed by atoms with E-state index in [-0.39, 0.29) is 17.9 Å². The third-order valence-corrected chi connectivity index (χ3v) is 5.50. The van der Waals surface area contributed by atoms with E-state index in [9.17, 15) is 22.4 Å². The summed E-state index contributed by atoms with van der Waals surface area (Å²) in [6, 6.07) is 5.01. The summed E-state index contributed by atoms with van der Waals surface area (Å²) in [5.74, 6) is -1.19. The largest absolute Gasteiger partial charge is 0.415 e. The van der Waals surface area contributed by atoms with Crippen molar-refractivity contribution in [1.82, 2.24) is 10.0 Å². The first-order chi connectivity index (χ1) is 11.6. The van der Waals surface area contributed by atoms with Gasteiger partial charge >= 0.3 is 12.1 Å². The summed E-state index contributed by atoms with van der Waals surface area (Å²) in [6.45, 7) is 4.67. The van der Waals surface area contributed by atoms with Crippen LogP contribution in [0.15, 0.2) is 29.8 Å². The van der Waals surface area contributed by atoms with Gasteiger partial charge in [-0.2, -0.15) is 0 Å². The molecule has 136 valence electrons. The number of alkyl carbamates (subject to hydrolysis) is 1. The van der Waals surface area contributed by atoms with Gasteiger partial charge in [0.2, 0.25) is 10.0 Å². The number of rotatable bonds is 4. The lowest BCUT2D eigenvalue weighted by Crippen LogP contribution is -2.41. The summed E-state index contributed by atoms with van der Waals surface area (Å²) < 4.78 is 45.1. The van der Waals surface area contributed by atoms with E-state index in [1.807, 2.05) is 0 Å². The maximum atomic E-state index is 13.1. The van der Waals surface area contributed by atoms with Crippen LogP contribution in [-0.2, 0) is 19.6 Å². The van der Waals surface area contributed by atoms with Gasteiger partial charge in [0, 0.05) is 13.0 Å². The van der Waals surface area contributed by atoms with Crippen molar-refractivity contribution in [2.45, 2.75) is 32.7 Å². The highest BCUT2D eigenvalue weighted by Crippen LogP contribution is 2.37. The topological polar surface area (TPSA) is 102 Å². The molecule has 2 N–H and O–H groups in total. The molecule has 2 rings (SSSR count). The summed E-state index contributed by atoms with van der Waals surface area (Å²) in [5, 5.41) is 2.38. The SMILES string of the molecule is CCC(=O)OC(=O)NCC1=C(c2ccc(F)cc2)S(=O)(=O)NC1(C)C. The summed E-state index contributed by atoms with van der Waals surface area (Å²) >= 11 is 0. The number of hydrogen-bond acceptors (Lipinski definition) is 5. The molecule has 1 aliphatic heterocycles. The van der Waals surface area contributed by atoms with Crippen molar-refractivity contribution in [3.05, 3.63) is 41.2 Å². The van der Waals surface area contributed by atoms with Crippen molar-refractivity contribution >= 4 is 27.0 Å². The maximum Gasteiger partial charge on any atom is 0.415 e. The predicted octanol–water partition coefficient (Wildman–Crippen LogP) is 1.91. The molecule has 0 fully saturated rings. The number of nitrogens with one attached hydrogen (secondary N) is 2. The Hall–Kier alpha value is -2.26. The number of esters is 1. The average molecular weight is 370 g/mol. The first-order valence-corrected chi connectivity index (χ1v) is 9.07. The van der Waals surface area contributed by atoms with Gasteiger partial charge in [0.15, 0.2) is 0 Å². The minimum Gasteiger partial charge on any atom is -0.376 e. The molecule has 0 atom stereocenters. The summed E-state index contributed by atoms with van der Waals surface area (Å²) in [6.07, 6.45) is -0.920. The second-order valence-corrected chi connectivity index (χ2v) is 7.63. The van der Waals surface area contributed by atoms with Crippen molar-refractivity contribution in [2.24, 2.45) is 0 Å². The zero-order valence-electron chi connectivity index (χ0n) is 14.1. The molecule has 0 spiro atoms. The number of ether oxygens (including phenoxy) is 1. The number of hydrogen-bond donors (Lipinski definition) is 2. The minimum atomic E-state index is -3.84. The third-order valence-electron chi connectivity index (χ3n) is 3.70. The van der Waals surface area contributed by atoms with Crippen LogP contribution in [0.5, 0.6) is 0 Å². The molecule has 0 aliphatic carbocycles. The highest BCUT2D eigenvalue weighted by molar-refractivity contribution is 7.99.